The number of benzene rings is 2. The van der Waals surface area contributed by atoms with E-state index in [4.69, 9.17) is 4.74 Å². The van der Waals surface area contributed by atoms with Crippen LogP contribution in [0.25, 0.3) is 31.8 Å². The van der Waals surface area contributed by atoms with Gasteiger partial charge in [0.15, 0.2) is 0 Å². The summed E-state index contributed by atoms with van der Waals surface area (Å²) in [4.78, 5) is 17.1. The van der Waals surface area contributed by atoms with E-state index < -0.39 is 12.1 Å². The van der Waals surface area contributed by atoms with Crippen molar-refractivity contribution in [2.75, 3.05) is 13.2 Å². The van der Waals surface area contributed by atoms with Gasteiger partial charge in [0.05, 0.1) is 5.52 Å². The number of aromatic amines is 1. The summed E-state index contributed by atoms with van der Waals surface area (Å²) in [5.41, 5.74) is 3.90. The van der Waals surface area contributed by atoms with Crippen LogP contribution in [-0.4, -0.2) is 46.0 Å². The second kappa shape index (κ2) is 11.1. The normalized spacial score (nSPS) is 12.6. The number of rotatable bonds is 11. The first-order chi connectivity index (χ1) is 18.3. The predicted octanol–water partition coefficient (Wildman–Crippen LogP) is 6.67. The first-order valence-electron chi connectivity index (χ1n) is 12.4. The number of hydrogen-bond donors (Lipinski definition) is 4. The number of H-pyrrole nitrogens is 1. The first kappa shape index (κ1) is 26.2. The fraction of sp³-hybridized carbons (Fsp3) is 0.233. The lowest BCUT2D eigenvalue weighted by atomic mass is 9.94. The number of carbonyl (C=O) groups is 1. The molecule has 0 bridgehead atoms. The van der Waals surface area contributed by atoms with Crippen molar-refractivity contribution in [1.82, 2.24) is 10.3 Å². The summed E-state index contributed by atoms with van der Waals surface area (Å²) >= 11 is 2.94. The molecule has 0 amide bonds. The number of carboxylic acids is 1. The Labute approximate surface area is 229 Å². The lowest BCUT2D eigenvalue weighted by Crippen LogP contribution is -2.46. The summed E-state index contributed by atoms with van der Waals surface area (Å²) in [6, 6.07) is 21.6. The van der Waals surface area contributed by atoms with Crippen LogP contribution in [0.3, 0.4) is 0 Å². The number of nitrogens with one attached hydrogen (secondary N) is 2. The lowest BCUT2D eigenvalue weighted by Gasteiger charge is -2.28. The second-order valence-electron chi connectivity index (χ2n) is 9.89. The summed E-state index contributed by atoms with van der Waals surface area (Å²) in [5, 5.41) is 26.6. The Bertz CT molecular complexity index is 1530. The number of aliphatic hydroxyl groups excluding tert-OH is 1. The number of ether oxygens (including phenoxy) is 1. The molecule has 4 N–H and O–H groups in total. The zero-order valence-electron chi connectivity index (χ0n) is 21.2. The monoisotopic (exact) mass is 546 g/mol. The average molecular weight is 547 g/mol. The molecule has 0 aliphatic heterocycles. The molecular formula is C30H30N2O4S2. The molecule has 6 nitrogen and oxygen atoms in total. The van der Waals surface area contributed by atoms with Crippen molar-refractivity contribution in [1.29, 1.82) is 0 Å². The van der Waals surface area contributed by atoms with Gasteiger partial charge in [-0.25, -0.2) is 4.79 Å². The molecule has 0 unspecified atom stereocenters. The van der Waals surface area contributed by atoms with E-state index in [-0.39, 0.29) is 12.1 Å². The fourth-order valence-corrected chi connectivity index (χ4v) is 6.20. The highest BCUT2D eigenvalue weighted by Crippen LogP contribution is 2.35. The Balaban J connectivity index is 1.22. The topological polar surface area (TPSA) is 94.6 Å². The van der Waals surface area contributed by atoms with E-state index in [1.54, 1.807) is 17.4 Å². The van der Waals surface area contributed by atoms with E-state index in [0.717, 1.165) is 49.5 Å². The molecule has 0 aliphatic rings. The molecule has 2 aromatic carbocycles. The van der Waals surface area contributed by atoms with Crippen LogP contribution in [-0.2, 0) is 6.42 Å². The molecule has 38 heavy (non-hydrogen) atoms. The van der Waals surface area contributed by atoms with Gasteiger partial charge in [-0.15, -0.1) is 22.7 Å². The van der Waals surface area contributed by atoms with E-state index in [0.29, 0.717) is 11.4 Å². The van der Waals surface area contributed by atoms with Crippen LogP contribution in [0.1, 0.15) is 29.1 Å². The van der Waals surface area contributed by atoms with E-state index in [9.17, 15) is 15.0 Å². The molecule has 0 fully saturated rings. The number of β-amino-alcohol motifs (C(OH)–C–C–N with tert-alkyl or cyclic N) is 1. The van der Waals surface area contributed by atoms with Gasteiger partial charge < -0.3 is 25.3 Å². The Hall–Kier alpha value is -3.43. The largest absolute Gasteiger partial charge is 0.490 e. The summed E-state index contributed by atoms with van der Waals surface area (Å²) in [7, 11) is 0. The van der Waals surface area contributed by atoms with Crippen LogP contribution >= 0.6 is 22.7 Å². The maximum absolute atomic E-state index is 11.3. The Morgan fingerprint density at radius 1 is 1.03 bits per heavy atom. The molecule has 196 valence electrons. The summed E-state index contributed by atoms with van der Waals surface area (Å²) in [6.45, 7) is 4.83. The molecule has 1 atom stereocenters. The van der Waals surface area contributed by atoms with Gasteiger partial charge in [0.25, 0.3) is 0 Å². The third-order valence-corrected chi connectivity index (χ3v) is 8.45. The van der Waals surface area contributed by atoms with Crippen LogP contribution in [0.15, 0.2) is 78.3 Å². The van der Waals surface area contributed by atoms with Crippen LogP contribution < -0.4 is 10.1 Å². The van der Waals surface area contributed by atoms with Gasteiger partial charge in [0.2, 0.25) is 0 Å². The molecule has 0 radical (unpaired) electrons. The molecule has 3 heterocycles. The molecule has 0 saturated carbocycles. The smallest absolute Gasteiger partial charge is 0.345 e. The second-order valence-corrected chi connectivity index (χ2v) is 11.9. The maximum atomic E-state index is 11.3. The third kappa shape index (κ3) is 5.84. The zero-order chi connectivity index (χ0) is 26.7. The molecule has 0 saturated heterocycles. The Morgan fingerprint density at radius 3 is 2.61 bits per heavy atom. The lowest BCUT2D eigenvalue weighted by molar-refractivity contribution is 0.0702. The number of para-hydroxylation sites is 2. The fourth-order valence-electron chi connectivity index (χ4n) is 4.57. The number of aliphatic hydroxyl groups is 1. The van der Waals surface area contributed by atoms with Crippen molar-refractivity contribution in [2.24, 2.45) is 0 Å². The Morgan fingerprint density at radius 2 is 1.84 bits per heavy atom. The van der Waals surface area contributed by atoms with E-state index in [1.807, 2.05) is 60.1 Å². The number of carboxylic acid groups (broad SMARTS) is 1. The quantitative estimate of drug-likeness (QED) is 0.148. The maximum Gasteiger partial charge on any atom is 0.345 e. The number of hydrogen-bond acceptors (Lipinski definition) is 6. The molecule has 8 heteroatoms. The van der Waals surface area contributed by atoms with Crippen LogP contribution in [0.2, 0.25) is 0 Å². The van der Waals surface area contributed by atoms with Crippen molar-refractivity contribution in [3.8, 4) is 26.6 Å². The third-order valence-electron chi connectivity index (χ3n) is 6.44. The van der Waals surface area contributed by atoms with Gasteiger partial charge in [-0.3, -0.25) is 0 Å². The number of fused-ring (bicyclic) bond motifs is 1. The first-order valence-corrected chi connectivity index (χ1v) is 14.1. The van der Waals surface area contributed by atoms with Crippen molar-refractivity contribution in [2.45, 2.75) is 31.9 Å². The van der Waals surface area contributed by atoms with Crippen LogP contribution in [0.5, 0.6) is 5.75 Å². The zero-order valence-corrected chi connectivity index (χ0v) is 22.9. The molecule has 0 spiro atoms. The van der Waals surface area contributed by atoms with Gasteiger partial charge >= 0.3 is 5.97 Å². The van der Waals surface area contributed by atoms with Gasteiger partial charge in [0, 0.05) is 44.5 Å². The van der Waals surface area contributed by atoms with Crippen molar-refractivity contribution < 1.29 is 19.7 Å². The van der Waals surface area contributed by atoms with Gasteiger partial charge in [0.1, 0.15) is 23.3 Å². The summed E-state index contributed by atoms with van der Waals surface area (Å²) < 4.78 is 6.00. The van der Waals surface area contributed by atoms with Crippen molar-refractivity contribution in [3.63, 3.8) is 0 Å². The highest BCUT2D eigenvalue weighted by molar-refractivity contribution is 7.17. The number of aromatic nitrogens is 1. The molecule has 5 rings (SSSR count). The SMILES string of the molecule is CC(C)(Cc1c[nH]c2c(-c3ccc(C(=O)O)s3)cccc12)NC[C@H](O)COc1ccccc1-c1cccs1. The Kier molecular flexibility index (Phi) is 7.67. The summed E-state index contributed by atoms with van der Waals surface area (Å²) in [6.07, 6.45) is 2.10. The standard InChI is InChI=1S/C30H30N2O4S2/c1-30(2,32-17-20(33)18-36-24-10-4-3-7-22(24)25-11-6-14-37-25)15-19-16-31-28-21(19)8-5-9-23(28)26-12-13-27(38-26)29(34)35/h3-14,16,20,31-33H,15,17-18H2,1-2H3,(H,34,35)/t20-/m0/s1. The summed E-state index contributed by atoms with van der Waals surface area (Å²) in [5.74, 6) is -0.142. The van der Waals surface area contributed by atoms with Gasteiger partial charge in [-0.2, -0.15) is 0 Å². The highest BCUT2D eigenvalue weighted by atomic mass is 32.1. The van der Waals surface area contributed by atoms with E-state index >= 15 is 0 Å². The highest BCUT2D eigenvalue weighted by Gasteiger charge is 2.22. The molecular weight excluding hydrogens is 516 g/mol. The van der Waals surface area contributed by atoms with Crippen molar-refractivity contribution >= 4 is 39.5 Å². The van der Waals surface area contributed by atoms with E-state index in [1.165, 1.54) is 11.3 Å². The molecule has 0 aliphatic carbocycles. The molecule has 3 aromatic heterocycles. The minimum Gasteiger partial charge on any atom is -0.490 e. The van der Waals surface area contributed by atoms with Gasteiger partial charge in [-0.05, 0) is 61.5 Å². The molecule has 5 aromatic rings. The van der Waals surface area contributed by atoms with E-state index in [2.05, 4.69) is 36.3 Å². The van der Waals surface area contributed by atoms with Crippen LogP contribution in [0, 0.1) is 0 Å². The minimum absolute atomic E-state index is 0.195. The van der Waals surface area contributed by atoms with Crippen LogP contribution in [0.4, 0.5) is 0 Å². The number of thiophene rings is 2. The van der Waals surface area contributed by atoms with Crippen molar-refractivity contribution in [3.05, 3.63) is 88.7 Å². The predicted molar refractivity (Wildman–Crippen MR) is 156 cm³/mol. The van der Waals surface area contributed by atoms with Gasteiger partial charge in [-0.1, -0.05) is 36.4 Å². The number of aromatic carboxylic acids is 1. The minimum atomic E-state index is -0.910. The average Bonchev–Trinajstić information content (AvgIpc) is 3.68.